The van der Waals surface area contributed by atoms with Crippen LogP contribution in [0.4, 0.5) is 5.69 Å². The van der Waals surface area contributed by atoms with E-state index < -0.39 is 41.2 Å². The molecule has 0 aromatic heterocycles. The van der Waals surface area contributed by atoms with E-state index in [2.05, 4.69) is 31.4 Å². The minimum atomic E-state index is -1.17. The Bertz CT molecular complexity index is 1340. The van der Waals surface area contributed by atoms with Crippen molar-refractivity contribution in [2.75, 3.05) is 18.5 Å². The summed E-state index contributed by atoms with van der Waals surface area (Å²) in [5.41, 5.74) is -0.490. The number of likely N-dealkylation sites (tertiary alicyclic amines) is 1. The van der Waals surface area contributed by atoms with Gasteiger partial charge in [-0.05, 0) is 75.3 Å². The SMILES string of the molecule is CCOc1ccc(NC(=O)[C@@H]2[C@@H]3CCC4(O3)C(C(=O)NC(C)(C)CC(C)(C)C)N([C@H](CO)c3ccccc3)C(=O)[C@H]24)cc1. The third-order valence-electron chi connectivity index (χ3n) is 8.85. The summed E-state index contributed by atoms with van der Waals surface area (Å²) in [5, 5.41) is 16.8. The van der Waals surface area contributed by atoms with E-state index in [9.17, 15) is 19.5 Å². The molecule has 43 heavy (non-hydrogen) atoms. The molecule has 2 bridgehead atoms. The minimum absolute atomic E-state index is 0.0488. The maximum atomic E-state index is 14.5. The highest BCUT2D eigenvalue weighted by Gasteiger charge is 2.75. The average Bonchev–Trinajstić information content (AvgIpc) is 3.57. The van der Waals surface area contributed by atoms with Gasteiger partial charge in [-0.25, -0.2) is 0 Å². The number of fused-ring (bicyclic) bond motifs is 1. The molecule has 3 amide bonds. The van der Waals surface area contributed by atoms with Gasteiger partial charge in [0.25, 0.3) is 0 Å². The Balaban J connectivity index is 1.50. The van der Waals surface area contributed by atoms with Crippen LogP contribution in [0.25, 0.3) is 0 Å². The number of aliphatic hydroxyl groups excluding tert-OH is 1. The molecule has 6 atom stereocenters. The Labute approximate surface area is 254 Å². The molecule has 3 aliphatic rings. The number of nitrogens with zero attached hydrogens (tertiary/aromatic N) is 1. The van der Waals surface area contributed by atoms with E-state index in [4.69, 9.17) is 9.47 Å². The molecule has 3 fully saturated rings. The molecule has 3 saturated heterocycles. The largest absolute Gasteiger partial charge is 0.494 e. The highest BCUT2D eigenvalue weighted by Crippen LogP contribution is 2.59. The van der Waals surface area contributed by atoms with Gasteiger partial charge >= 0.3 is 0 Å². The molecule has 1 spiro atoms. The molecule has 9 nitrogen and oxygen atoms in total. The molecular weight excluding hydrogens is 546 g/mol. The summed E-state index contributed by atoms with van der Waals surface area (Å²) in [6, 6.07) is 14.5. The zero-order valence-electron chi connectivity index (χ0n) is 26.1. The quantitative estimate of drug-likeness (QED) is 0.376. The maximum absolute atomic E-state index is 14.5. The smallest absolute Gasteiger partial charge is 0.246 e. The minimum Gasteiger partial charge on any atom is -0.494 e. The van der Waals surface area contributed by atoms with Gasteiger partial charge in [-0.1, -0.05) is 51.1 Å². The fourth-order valence-corrected chi connectivity index (χ4v) is 7.85. The topological polar surface area (TPSA) is 117 Å². The van der Waals surface area contributed by atoms with E-state index in [1.807, 2.05) is 51.1 Å². The predicted octanol–water partition coefficient (Wildman–Crippen LogP) is 4.46. The summed E-state index contributed by atoms with van der Waals surface area (Å²) in [7, 11) is 0. The summed E-state index contributed by atoms with van der Waals surface area (Å²) in [5.74, 6) is -1.91. The summed E-state index contributed by atoms with van der Waals surface area (Å²) in [6.07, 6.45) is 1.26. The van der Waals surface area contributed by atoms with Crippen LogP contribution in [0.5, 0.6) is 5.75 Å². The monoisotopic (exact) mass is 591 g/mol. The first-order chi connectivity index (χ1) is 20.3. The zero-order valence-corrected chi connectivity index (χ0v) is 26.1. The molecule has 2 aromatic rings. The van der Waals surface area contributed by atoms with E-state index in [0.717, 1.165) is 0 Å². The number of hydrogen-bond acceptors (Lipinski definition) is 6. The van der Waals surface area contributed by atoms with Crippen molar-refractivity contribution in [2.24, 2.45) is 17.3 Å². The molecule has 2 aromatic carbocycles. The summed E-state index contributed by atoms with van der Waals surface area (Å²) in [4.78, 5) is 44.2. The van der Waals surface area contributed by atoms with E-state index >= 15 is 0 Å². The van der Waals surface area contributed by atoms with Gasteiger partial charge in [0.1, 0.15) is 17.4 Å². The second-order valence-electron chi connectivity index (χ2n) is 14.0. The zero-order chi connectivity index (χ0) is 31.2. The number of nitrogens with one attached hydrogen (secondary N) is 2. The fourth-order valence-electron chi connectivity index (χ4n) is 7.85. The van der Waals surface area contributed by atoms with Crippen molar-refractivity contribution in [3.05, 3.63) is 60.2 Å². The van der Waals surface area contributed by atoms with Crippen molar-refractivity contribution < 1.29 is 29.0 Å². The third kappa shape index (κ3) is 5.89. The van der Waals surface area contributed by atoms with Crippen LogP contribution in [0.1, 0.15) is 72.4 Å². The molecule has 3 aliphatic heterocycles. The molecule has 0 aliphatic carbocycles. The van der Waals surface area contributed by atoms with E-state index in [0.29, 0.717) is 42.9 Å². The van der Waals surface area contributed by atoms with Crippen LogP contribution < -0.4 is 15.4 Å². The number of rotatable bonds is 10. The number of amides is 3. The van der Waals surface area contributed by atoms with Gasteiger partial charge in [-0.15, -0.1) is 0 Å². The second kappa shape index (κ2) is 11.6. The molecule has 3 heterocycles. The number of hydrogen-bond donors (Lipinski definition) is 3. The van der Waals surface area contributed by atoms with Crippen molar-refractivity contribution in [3.8, 4) is 5.75 Å². The lowest BCUT2D eigenvalue weighted by molar-refractivity contribution is -0.146. The van der Waals surface area contributed by atoms with Crippen LogP contribution in [0.15, 0.2) is 54.6 Å². The number of benzene rings is 2. The molecule has 232 valence electrons. The molecule has 5 rings (SSSR count). The van der Waals surface area contributed by atoms with Crippen molar-refractivity contribution in [1.29, 1.82) is 0 Å². The van der Waals surface area contributed by atoms with Crippen LogP contribution in [0.2, 0.25) is 0 Å². The van der Waals surface area contributed by atoms with Gasteiger partial charge in [-0.3, -0.25) is 14.4 Å². The second-order valence-corrected chi connectivity index (χ2v) is 14.0. The summed E-state index contributed by atoms with van der Waals surface area (Å²) < 4.78 is 12.1. The maximum Gasteiger partial charge on any atom is 0.246 e. The number of carbonyl (C=O) groups is 3. The van der Waals surface area contributed by atoms with Crippen LogP contribution >= 0.6 is 0 Å². The first kappa shape index (κ1) is 31.0. The van der Waals surface area contributed by atoms with Gasteiger partial charge in [0, 0.05) is 11.2 Å². The van der Waals surface area contributed by atoms with Crippen molar-refractivity contribution in [3.63, 3.8) is 0 Å². The lowest BCUT2D eigenvalue weighted by Crippen LogP contribution is -2.60. The lowest BCUT2D eigenvalue weighted by atomic mass is 9.70. The van der Waals surface area contributed by atoms with Gasteiger partial charge in [0.05, 0.1) is 37.2 Å². The molecule has 9 heteroatoms. The molecule has 2 unspecified atom stereocenters. The highest BCUT2D eigenvalue weighted by atomic mass is 16.5. The highest BCUT2D eigenvalue weighted by molar-refractivity contribution is 6.02. The summed E-state index contributed by atoms with van der Waals surface area (Å²) in [6.45, 7) is 12.4. The van der Waals surface area contributed by atoms with E-state index in [-0.39, 0.29) is 29.7 Å². The summed E-state index contributed by atoms with van der Waals surface area (Å²) >= 11 is 0. The van der Waals surface area contributed by atoms with E-state index in [1.165, 1.54) is 4.90 Å². The third-order valence-corrected chi connectivity index (χ3v) is 8.85. The van der Waals surface area contributed by atoms with Crippen LogP contribution in [0.3, 0.4) is 0 Å². The standard InChI is InChI=1S/C34H45N3O6/c1-7-42-23-15-13-22(14-16-23)35-29(39)26-25-17-18-34(43-25)27(26)31(41)37(24(19-38)21-11-9-8-10-12-21)28(34)30(40)36-33(5,6)20-32(2,3)4/h8-16,24-28,38H,7,17-20H2,1-6H3,(H,35,39)(H,36,40)/t24-,25+,26-,27+,28?,34?/m1/s1. The average molecular weight is 592 g/mol. The molecule has 0 radical (unpaired) electrons. The van der Waals surface area contributed by atoms with Crippen molar-refractivity contribution >= 4 is 23.4 Å². The fraction of sp³-hybridized carbons (Fsp3) is 0.559. The lowest BCUT2D eigenvalue weighted by Gasteiger charge is -2.40. The van der Waals surface area contributed by atoms with E-state index in [1.54, 1.807) is 24.3 Å². The van der Waals surface area contributed by atoms with Crippen LogP contribution in [-0.2, 0) is 19.1 Å². The molecule has 3 N–H and O–H groups in total. The Kier molecular flexibility index (Phi) is 8.35. The predicted molar refractivity (Wildman–Crippen MR) is 163 cm³/mol. The van der Waals surface area contributed by atoms with Gasteiger partial charge < -0.3 is 30.1 Å². The first-order valence-electron chi connectivity index (χ1n) is 15.3. The number of ether oxygens (including phenoxy) is 2. The Morgan fingerprint density at radius 1 is 1.07 bits per heavy atom. The van der Waals surface area contributed by atoms with Gasteiger partial charge in [0.15, 0.2) is 0 Å². The molecule has 0 saturated carbocycles. The van der Waals surface area contributed by atoms with Gasteiger partial charge in [0.2, 0.25) is 17.7 Å². The van der Waals surface area contributed by atoms with Gasteiger partial charge in [-0.2, -0.15) is 0 Å². The number of carbonyl (C=O) groups excluding carboxylic acids is 3. The van der Waals surface area contributed by atoms with Crippen molar-refractivity contribution in [2.45, 2.75) is 90.1 Å². The number of anilines is 1. The normalized spacial score (nSPS) is 27.1. The van der Waals surface area contributed by atoms with Crippen molar-refractivity contribution in [1.82, 2.24) is 10.2 Å². The van der Waals surface area contributed by atoms with Crippen LogP contribution in [-0.4, -0.2) is 64.2 Å². The first-order valence-corrected chi connectivity index (χ1v) is 15.3. The Hall–Kier alpha value is -3.43. The molecular formula is C34H45N3O6. The number of aliphatic hydroxyl groups is 1. The van der Waals surface area contributed by atoms with Crippen LogP contribution in [0, 0.1) is 17.3 Å². The Morgan fingerprint density at radius 2 is 1.74 bits per heavy atom. The Morgan fingerprint density at radius 3 is 2.35 bits per heavy atom.